The molecular weight excluding hydrogens is 450 g/mol. The molecule has 0 unspecified atom stereocenters. The van der Waals surface area contributed by atoms with E-state index in [0.717, 1.165) is 17.7 Å². The largest absolute Gasteiger partial charge is 0.378 e. The normalized spacial score (nSPS) is 20.3. The van der Waals surface area contributed by atoms with Crippen LogP contribution in [0, 0.1) is 5.92 Å². The van der Waals surface area contributed by atoms with E-state index in [4.69, 9.17) is 4.74 Å². The molecule has 0 bridgehead atoms. The lowest BCUT2D eigenvalue weighted by atomic mass is 9.94. The second-order valence-corrected chi connectivity index (χ2v) is 10.6. The van der Waals surface area contributed by atoms with E-state index in [1.165, 1.54) is 31.0 Å². The summed E-state index contributed by atoms with van der Waals surface area (Å²) < 4.78 is 5.35. The van der Waals surface area contributed by atoms with Gasteiger partial charge >= 0.3 is 0 Å². The minimum Gasteiger partial charge on any atom is -0.378 e. The Morgan fingerprint density at radius 1 is 0.941 bits per heavy atom. The SMILES string of the molecule is CN(C(=O)CSc1ccccc1C(=O)N1CCC(C(=O)N2CCOCC2)CC1)C1CCCCC1. The first kappa shape index (κ1) is 25.0. The summed E-state index contributed by atoms with van der Waals surface area (Å²) in [5.41, 5.74) is 0.651. The summed E-state index contributed by atoms with van der Waals surface area (Å²) in [6.45, 7) is 3.71. The second-order valence-electron chi connectivity index (χ2n) is 9.59. The predicted molar refractivity (Wildman–Crippen MR) is 133 cm³/mol. The third-order valence-corrected chi connectivity index (χ3v) is 8.50. The van der Waals surface area contributed by atoms with E-state index in [-0.39, 0.29) is 23.6 Å². The Morgan fingerprint density at radius 3 is 2.32 bits per heavy atom. The number of amides is 3. The van der Waals surface area contributed by atoms with Crippen LogP contribution in [0.4, 0.5) is 0 Å². The van der Waals surface area contributed by atoms with E-state index in [2.05, 4.69) is 0 Å². The van der Waals surface area contributed by atoms with Gasteiger partial charge in [0.25, 0.3) is 5.91 Å². The zero-order valence-corrected chi connectivity index (χ0v) is 21.1. The van der Waals surface area contributed by atoms with Crippen LogP contribution in [0.2, 0.25) is 0 Å². The maximum Gasteiger partial charge on any atom is 0.254 e. The van der Waals surface area contributed by atoms with Crippen LogP contribution >= 0.6 is 11.8 Å². The fourth-order valence-corrected chi connectivity index (χ4v) is 6.19. The van der Waals surface area contributed by atoms with Crippen LogP contribution in [0.5, 0.6) is 0 Å². The molecule has 3 amide bonds. The van der Waals surface area contributed by atoms with E-state index >= 15 is 0 Å². The summed E-state index contributed by atoms with van der Waals surface area (Å²) >= 11 is 1.45. The van der Waals surface area contributed by atoms with Gasteiger partial charge in [-0.3, -0.25) is 14.4 Å². The molecule has 8 heteroatoms. The number of carbonyl (C=O) groups is 3. The number of likely N-dealkylation sites (tertiary alicyclic amines) is 1. The molecule has 1 aromatic carbocycles. The van der Waals surface area contributed by atoms with Crippen molar-refractivity contribution in [3.05, 3.63) is 29.8 Å². The fourth-order valence-electron chi connectivity index (χ4n) is 5.22. The Balaban J connectivity index is 1.31. The molecule has 2 heterocycles. The van der Waals surface area contributed by atoms with Gasteiger partial charge in [0, 0.05) is 50.1 Å². The highest BCUT2D eigenvalue weighted by Gasteiger charge is 2.32. The smallest absolute Gasteiger partial charge is 0.254 e. The topological polar surface area (TPSA) is 70.2 Å². The molecule has 1 aromatic rings. The second kappa shape index (κ2) is 12.1. The van der Waals surface area contributed by atoms with Crippen LogP contribution in [-0.2, 0) is 14.3 Å². The van der Waals surface area contributed by atoms with Crippen LogP contribution < -0.4 is 0 Å². The Hall–Kier alpha value is -2.06. The number of ether oxygens (including phenoxy) is 1. The van der Waals surface area contributed by atoms with Gasteiger partial charge in [0.05, 0.1) is 24.5 Å². The highest BCUT2D eigenvalue weighted by molar-refractivity contribution is 8.00. The van der Waals surface area contributed by atoms with Crippen LogP contribution in [0.25, 0.3) is 0 Å². The quantitative estimate of drug-likeness (QED) is 0.576. The lowest BCUT2D eigenvalue weighted by molar-refractivity contribution is -0.141. The molecule has 0 aromatic heterocycles. The van der Waals surface area contributed by atoms with Crippen molar-refractivity contribution in [2.24, 2.45) is 5.92 Å². The maximum absolute atomic E-state index is 13.3. The molecular formula is C26H37N3O4S. The molecule has 7 nitrogen and oxygen atoms in total. The van der Waals surface area contributed by atoms with Gasteiger partial charge in [-0.1, -0.05) is 31.4 Å². The number of carbonyl (C=O) groups excluding carboxylic acids is 3. The monoisotopic (exact) mass is 487 g/mol. The fraction of sp³-hybridized carbons (Fsp3) is 0.654. The molecule has 1 aliphatic carbocycles. The van der Waals surface area contributed by atoms with E-state index < -0.39 is 0 Å². The summed E-state index contributed by atoms with van der Waals surface area (Å²) in [5.74, 6) is 0.648. The number of morpholine rings is 1. The number of piperidine rings is 1. The van der Waals surface area contributed by atoms with Crippen molar-refractivity contribution in [3.63, 3.8) is 0 Å². The van der Waals surface area contributed by atoms with Crippen molar-refractivity contribution in [2.75, 3.05) is 52.2 Å². The molecule has 3 aliphatic rings. The number of thioether (sulfide) groups is 1. The molecule has 186 valence electrons. The Bertz CT molecular complexity index is 859. The van der Waals surface area contributed by atoms with Gasteiger partial charge in [-0.05, 0) is 37.8 Å². The van der Waals surface area contributed by atoms with E-state index in [1.54, 1.807) is 0 Å². The van der Waals surface area contributed by atoms with Crippen molar-refractivity contribution < 1.29 is 19.1 Å². The first-order valence-corrected chi connectivity index (χ1v) is 13.7. The van der Waals surface area contributed by atoms with Gasteiger partial charge in [-0.2, -0.15) is 0 Å². The Labute approximate surface area is 207 Å². The average Bonchev–Trinajstić information content (AvgIpc) is 2.91. The number of hydrogen-bond acceptors (Lipinski definition) is 5. The Kier molecular flexibility index (Phi) is 8.89. The molecule has 0 N–H and O–H groups in total. The Morgan fingerprint density at radius 2 is 1.62 bits per heavy atom. The molecule has 0 radical (unpaired) electrons. The van der Waals surface area contributed by atoms with Crippen molar-refractivity contribution in [2.45, 2.75) is 55.9 Å². The van der Waals surface area contributed by atoms with Crippen molar-refractivity contribution in [1.82, 2.24) is 14.7 Å². The van der Waals surface area contributed by atoms with Gasteiger partial charge in [-0.25, -0.2) is 0 Å². The van der Waals surface area contributed by atoms with Gasteiger partial charge in [0.15, 0.2) is 0 Å². The van der Waals surface area contributed by atoms with Crippen molar-refractivity contribution in [3.8, 4) is 0 Å². The lowest BCUT2D eigenvalue weighted by Gasteiger charge is -2.35. The van der Waals surface area contributed by atoms with Gasteiger partial charge in [0.2, 0.25) is 11.8 Å². The molecule has 1 saturated carbocycles. The van der Waals surface area contributed by atoms with E-state index in [1.807, 2.05) is 46.0 Å². The summed E-state index contributed by atoms with van der Waals surface area (Å²) in [7, 11) is 1.91. The van der Waals surface area contributed by atoms with Gasteiger partial charge in [-0.15, -0.1) is 11.8 Å². The average molecular weight is 488 g/mol. The molecule has 0 spiro atoms. The summed E-state index contributed by atoms with van der Waals surface area (Å²) in [4.78, 5) is 45.4. The molecule has 0 atom stereocenters. The number of rotatable bonds is 6. The number of hydrogen-bond donors (Lipinski definition) is 0. The zero-order chi connectivity index (χ0) is 23.9. The first-order chi connectivity index (χ1) is 16.5. The van der Waals surface area contributed by atoms with E-state index in [9.17, 15) is 14.4 Å². The molecule has 4 rings (SSSR count). The van der Waals surface area contributed by atoms with Crippen LogP contribution in [-0.4, -0.2) is 90.7 Å². The summed E-state index contributed by atoms with van der Waals surface area (Å²) in [5, 5.41) is 0. The number of benzene rings is 1. The molecule has 2 aliphatic heterocycles. The molecule has 3 fully saturated rings. The van der Waals surface area contributed by atoms with Crippen LogP contribution in [0.15, 0.2) is 29.2 Å². The van der Waals surface area contributed by atoms with Crippen LogP contribution in [0.3, 0.4) is 0 Å². The predicted octanol–water partition coefficient (Wildman–Crippen LogP) is 3.28. The third kappa shape index (κ3) is 6.13. The lowest BCUT2D eigenvalue weighted by Crippen LogP contribution is -2.47. The first-order valence-electron chi connectivity index (χ1n) is 12.7. The van der Waals surface area contributed by atoms with Gasteiger partial charge < -0.3 is 19.4 Å². The highest BCUT2D eigenvalue weighted by Crippen LogP contribution is 2.28. The minimum atomic E-state index is -0.0142. The minimum absolute atomic E-state index is 0.00606. The maximum atomic E-state index is 13.3. The highest BCUT2D eigenvalue weighted by atomic mass is 32.2. The summed E-state index contributed by atoms with van der Waals surface area (Å²) in [6, 6.07) is 7.93. The number of nitrogens with zero attached hydrogens (tertiary/aromatic N) is 3. The van der Waals surface area contributed by atoms with Crippen LogP contribution in [0.1, 0.15) is 55.3 Å². The molecule has 2 saturated heterocycles. The van der Waals surface area contributed by atoms with E-state index in [0.29, 0.717) is 69.6 Å². The van der Waals surface area contributed by atoms with Crippen molar-refractivity contribution >= 4 is 29.5 Å². The molecule has 34 heavy (non-hydrogen) atoms. The third-order valence-electron chi connectivity index (χ3n) is 7.44. The summed E-state index contributed by atoms with van der Waals surface area (Å²) in [6.07, 6.45) is 7.23. The standard InChI is InChI=1S/C26H37N3O4S/c1-27(21-7-3-2-4-8-21)24(30)19-34-23-10-6-5-9-22(23)26(32)28-13-11-20(12-14-28)25(31)29-15-17-33-18-16-29/h5-6,9-10,20-21H,2-4,7-8,11-19H2,1H3. The zero-order valence-electron chi connectivity index (χ0n) is 20.2. The van der Waals surface area contributed by atoms with Crippen molar-refractivity contribution in [1.29, 1.82) is 0 Å². The van der Waals surface area contributed by atoms with Gasteiger partial charge in [0.1, 0.15) is 0 Å².